The van der Waals surface area contributed by atoms with Gasteiger partial charge >= 0.3 is 0 Å². The van der Waals surface area contributed by atoms with Gasteiger partial charge in [0, 0.05) is 38.5 Å². The minimum absolute atomic E-state index is 0.0654. The zero-order valence-electron chi connectivity index (χ0n) is 25.8. The Bertz CT molecular complexity index is 1500. The van der Waals surface area contributed by atoms with E-state index in [2.05, 4.69) is 12.2 Å². The van der Waals surface area contributed by atoms with Crippen molar-refractivity contribution in [3.63, 3.8) is 0 Å². The largest absolute Gasteiger partial charge is 0.486 e. The Morgan fingerprint density at radius 3 is 2.30 bits per heavy atom. The van der Waals surface area contributed by atoms with E-state index in [4.69, 9.17) is 9.47 Å². The van der Waals surface area contributed by atoms with E-state index in [0.29, 0.717) is 43.4 Å². The number of hydrogen-bond acceptors (Lipinski definition) is 6. The first-order chi connectivity index (χ1) is 21.2. The van der Waals surface area contributed by atoms with Gasteiger partial charge in [-0.1, -0.05) is 73.5 Å². The summed E-state index contributed by atoms with van der Waals surface area (Å²) in [5.74, 6) is 0.641. The fraction of sp³-hybridized carbons (Fsp3) is 0.412. The van der Waals surface area contributed by atoms with Gasteiger partial charge in [0.1, 0.15) is 19.3 Å². The van der Waals surface area contributed by atoms with E-state index in [1.54, 1.807) is 23.1 Å². The molecule has 0 unspecified atom stereocenters. The lowest BCUT2D eigenvalue weighted by atomic mass is 10.0. The number of aryl methyl sites for hydroxylation is 1. The molecule has 1 aliphatic rings. The Labute approximate surface area is 261 Å². The van der Waals surface area contributed by atoms with Crippen molar-refractivity contribution in [3.05, 3.63) is 89.5 Å². The molecule has 0 saturated heterocycles. The lowest BCUT2D eigenvalue weighted by Crippen LogP contribution is -2.50. The van der Waals surface area contributed by atoms with Crippen LogP contribution in [0.1, 0.15) is 49.3 Å². The molecule has 1 atom stereocenters. The molecule has 0 aromatic heterocycles. The second-order valence-electron chi connectivity index (χ2n) is 11.1. The lowest BCUT2D eigenvalue weighted by Gasteiger charge is -2.32. The zero-order valence-corrected chi connectivity index (χ0v) is 26.6. The number of carbonyl (C=O) groups excluding carboxylic acids is 2. The highest BCUT2D eigenvalue weighted by Crippen LogP contribution is 2.34. The first kappa shape index (κ1) is 32.9. The number of sulfonamides is 1. The van der Waals surface area contributed by atoms with Crippen LogP contribution in [0, 0.1) is 6.92 Å². The molecule has 0 bridgehead atoms. The molecule has 10 heteroatoms. The van der Waals surface area contributed by atoms with E-state index in [1.807, 2.05) is 61.5 Å². The smallest absolute Gasteiger partial charge is 0.243 e. The summed E-state index contributed by atoms with van der Waals surface area (Å²) < 4.78 is 38.1. The van der Waals surface area contributed by atoms with Crippen molar-refractivity contribution < 1.29 is 27.5 Å². The second-order valence-corrected chi connectivity index (χ2v) is 13.0. The highest BCUT2D eigenvalue weighted by molar-refractivity contribution is 7.92. The molecule has 0 spiro atoms. The summed E-state index contributed by atoms with van der Waals surface area (Å²) in [7, 11) is -3.65. The standard InChI is InChI=1S/C34H43N3O6S/c1-4-5-19-35-34(39)30(23-27-10-7-6-8-11-27)36(25-28-15-13-26(2)14-16-28)33(38)12-9-20-37(44(3,40)41)29-17-18-31-32(24-29)43-22-21-42-31/h6-8,10-11,13-18,24,30H,4-5,9,12,19-23,25H2,1-3H3,(H,35,39)/t30-/m0/s1. The van der Waals surface area contributed by atoms with Crippen molar-refractivity contribution in [2.75, 3.05) is 36.9 Å². The summed E-state index contributed by atoms with van der Waals surface area (Å²) in [6.07, 6.45) is 3.62. The van der Waals surface area contributed by atoms with E-state index in [-0.39, 0.29) is 37.7 Å². The normalized spacial score (nSPS) is 13.2. The maximum Gasteiger partial charge on any atom is 0.243 e. The Morgan fingerprint density at radius 1 is 0.909 bits per heavy atom. The van der Waals surface area contributed by atoms with Crippen LogP contribution < -0.4 is 19.1 Å². The number of nitrogens with one attached hydrogen (secondary N) is 1. The Morgan fingerprint density at radius 2 is 1.61 bits per heavy atom. The van der Waals surface area contributed by atoms with E-state index in [9.17, 15) is 18.0 Å². The van der Waals surface area contributed by atoms with Crippen LogP contribution in [-0.2, 0) is 32.6 Å². The van der Waals surface area contributed by atoms with E-state index < -0.39 is 16.1 Å². The maximum absolute atomic E-state index is 14.0. The van der Waals surface area contributed by atoms with Crippen molar-refractivity contribution in [1.29, 1.82) is 0 Å². The van der Waals surface area contributed by atoms with Crippen LogP contribution in [0.15, 0.2) is 72.8 Å². The molecule has 44 heavy (non-hydrogen) atoms. The van der Waals surface area contributed by atoms with E-state index >= 15 is 0 Å². The van der Waals surface area contributed by atoms with Crippen LogP contribution in [0.2, 0.25) is 0 Å². The third-order valence-electron chi connectivity index (χ3n) is 7.54. The Hall–Kier alpha value is -4.05. The quantitative estimate of drug-likeness (QED) is 0.243. The molecule has 0 aliphatic carbocycles. The van der Waals surface area contributed by atoms with E-state index in [0.717, 1.165) is 35.8 Å². The number of fused-ring (bicyclic) bond motifs is 1. The molecule has 1 heterocycles. The fourth-order valence-corrected chi connectivity index (χ4v) is 6.10. The molecule has 236 valence electrons. The minimum atomic E-state index is -3.65. The third kappa shape index (κ3) is 9.22. The number of unbranched alkanes of at least 4 members (excludes halogenated alkanes) is 1. The first-order valence-electron chi connectivity index (χ1n) is 15.2. The minimum Gasteiger partial charge on any atom is -0.486 e. The predicted molar refractivity (Wildman–Crippen MR) is 172 cm³/mol. The van der Waals surface area contributed by atoms with E-state index in [1.165, 1.54) is 4.31 Å². The molecule has 2 amide bonds. The van der Waals surface area contributed by atoms with Gasteiger partial charge < -0.3 is 19.7 Å². The van der Waals surface area contributed by atoms with Crippen LogP contribution in [0.3, 0.4) is 0 Å². The summed E-state index contributed by atoms with van der Waals surface area (Å²) >= 11 is 0. The van der Waals surface area contributed by atoms with Crippen molar-refractivity contribution in [3.8, 4) is 11.5 Å². The SMILES string of the molecule is CCCCNC(=O)[C@H](Cc1ccccc1)N(Cc1ccc(C)cc1)C(=O)CCCN(c1ccc2c(c1)OCCO2)S(C)(=O)=O. The second kappa shape index (κ2) is 15.6. The predicted octanol–water partition coefficient (Wildman–Crippen LogP) is 4.87. The molecule has 0 fully saturated rings. The van der Waals surface area contributed by atoms with Gasteiger partial charge in [-0.05, 0) is 43.0 Å². The number of benzene rings is 3. The Balaban J connectivity index is 1.56. The van der Waals surface area contributed by atoms with Gasteiger partial charge in [0.05, 0.1) is 11.9 Å². The van der Waals surface area contributed by atoms with Crippen LogP contribution in [0.4, 0.5) is 5.69 Å². The van der Waals surface area contributed by atoms with Gasteiger partial charge in [-0.2, -0.15) is 0 Å². The summed E-state index contributed by atoms with van der Waals surface area (Å²) in [5.41, 5.74) is 3.41. The molecule has 9 nitrogen and oxygen atoms in total. The van der Waals surface area contributed by atoms with Crippen molar-refractivity contribution >= 4 is 27.5 Å². The summed E-state index contributed by atoms with van der Waals surface area (Å²) in [6, 6.07) is 21.9. The fourth-order valence-electron chi connectivity index (χ4n) is 5.14. The summed E-state index contributed by atoms with van der Waals surface area (Å²) in [4.78, 5) is 29.2. The number of rotatable bonds is 15. The number of carbonyl (C=O) groups is 2. The number of ether oxygens (including phenoxy) is 2. The van der Waals surface area contributed by atoms with Crippen LogP contribution >= 0.6 is 0 Å². The topological polar surface area (TPSA) is 105 Å². The maximum atomic E-state index is 14.0. The summed E-state index contributed by atoms with van der Waals surface area (Å²) in [5, 5.41) is 3.03. The highest BCUT2D eigenvalue weighted by Gasteiger charge is 2.30. The van der Waals surface area contributed by atoms with Gasteiger partial charge in [-0.15, -0.1) is 0 Å². The molecule has 0 saturated carbocycles. The lowest BCUT2D eigenvalue weighted by molar-refractivity contribution is -0.141. The molecule has 3 aromatic rings. The zero-order chi connectivity index (χ0) is 31.5. The van der Waals surface area contributed by atoms with Crippen molar-refractivity contribution in [2.45, 2.75) is 58.5 Å². The number of nitrogens with zero attached hydrogens (tertiary/aromatic N) is 2. The van der Waals surface area contributed by atoms with Crippen LogP contribution in [0.5, 0.6) is 11.5 Å². The molecular formula is C34H43N3O6S. The van der Waals surface area contributed by atoms with Crippen molar-refractivity contribution in [2.24, 2.45) is 0 Å². The summed E-state index contributed by atoms with van der Waals surface area (Å²) in [6.45, 7) is 5.77. The van der Waals surface area contributed by atoms with Gasteiger partial charge in [-0.3, -0.25) is 13.9 Å². The molecule has 3 aromatic carbocycles. The monoisotopic (exact) mass is 621 g/mol. The van der Waals surface area contributed by atoms with Crippen LogP contribution in [-0.4, -0.2) is 63.7 Å². The number of anilines is 1. The molecule has 0 radical (unpaired) electrons. The van der Waals surface area contributed by atoms with Crippen LogP contribution in [0.25, 0.3) is 0 Å². The average Bonchev–Trinajstić information content (AvgIpc) is 3.01. The Kier molecular flexibility index (Phi) is 11.7. The first-order valence-corrected chi connectivity index (χ1v) is 17.0. The highest BCUT2D eigenvalue weighted by atomic mass is 32.2. The van der Waals surface area contributed by atoms with Crippen molar-refractivity contribution in [1.82, 2.24) is 10.2 Å². The van der Waals surface area contributed by atoms with Gasteiger partial charge in [0.15, 0.2) is 11.5 Å². The average molecular weight is 622 g/mol. The molecule has 1 N–H and O–H groups in total. The third-order valence-corrected chi connectivity index (χ3v) is 8.73. The number of amides is 2. The molecule has 1 aliphatic heterocycles. The molecule has 4 rings (SSSR count). The van der Waals surface area contributed by atoms with Gasteiger partial charge in [0.25, 0.3) is 0 Å². The van der Waals surface area contributed by atoms with Gasteiger partial charge in [-0.25, -0.2) is 8.42 Å². The van der Waals surface area contributed by atoms with Gasteiger partial charge in [0.2, 0.25) is 21.8 Å². The number of hydrogen-bond donors (Lipinski definition) is 1. The molecular weight excluding hydrogens is 578 g/mol.